The summed E-state index contributed by atoms with van der Waals surface area (Å²) in [6.45, 7) is 7.21. The average Bonchev–Trinajstić information content (AvgIpc) is 2.44. The van der Waals surface area contributed by atoms with E-state index < -0.39 is 0 Å². The minimum absolute atomic E-state index is 0.0272. The summed E-state index contributed by atoms with van der Waals surface area (Å²) in [5.74, 6) is 5.61. The summed E-state index contributed by atoms with van der Waals surface area (Å²) in [6.07, 6.45) is 0. The number of rotatable bonds is 5. The Balaban J connectivity index is 2.81. The zero-order chi connectivity index (χ0) is 15.0. The van der Waals surface area contributed by atoms with E-state index in [9.17, 15) is 4.79 Å². The van der Waals surface area contributed by atoms with Crippen molar-refractivity contribution in [2.24, 2.45) is 5.73 Å². The molecule has 108 valence electrons. The molecule has 4 nitrogen and oxygen atoms in total. The van der Waals surface area contributed by atoms with Gasteiger partial charge in [-0.05, 0) is 38.5 Å². The predicted octanol–water partition coefficient (Wildman–Crippen LogP) is 1.46. The molecule has 0 aromatic heterocycles. The number of nitrogens with two attached hydrogens (primary N) is 1. The minimum Gasteiger partial charge on any atom is -0.380 e. The fourth-order valence-electron chi connectivity index (χ4n) is 1.74. The normalized spacial score (nSPS) is 11.4. The standard InChI is InChI=1S/C16H22N2O2/c1-4-20-11-13(3)18-16(19)15-10-14(6-5-9-17)8-7-12(15)2/h7-8,10,13H,4,9,11,17H2,1-3H3,(H,18,19). The van der Waals surface area contributed by atoms with Crippen molar-refractivity contribution in [3.63, 3.8) is 0 Å². The predicted molar refractivity (Wildman–Crippen MR) is 80.5 cm³/mol. The van der Waals surface area contributed by atoms with Crippen LogP contribution in [0.3, 0.4) is 0 Å². The Labute approximate surface area is 120 Å². The van der Waals surface area contributed by atoms with Crippen molar-refractivity contribution in [3.05, 3.63) is 34.9 Å². The molecule has 3 N–H and O–H groups in total. The lowest BCUT2D eigenvalue weighted by molar-refractivity contribution is 0.0871. The number of amides is 1. The molecule has 1 aromatic rings. The Kier molecular flexibility index (Phi) is 6.78. The Bertz CT molecular complexity index is 515. The van der Waals surface area contributed by atoms with Gasteiger partial charge >= 0.3 is 0 Å². The smallest absolute Gasteiger partial charge is 0.251 e. The number of nitrogens with one attached hydrogen (secondary N) is 1. The molecule has 0 saturated heterocycles. The highest BCUT2D eigenvalue weighted by Gasteiger charge is 2.12. The van der Waals surface area contributed by atoms with Crippen LogP contribution in [0.4, 0.5) is 0 Å². The molecule has 0 spiro atoms. The molecular weight excluding hydrogens is 252 g/mol. The third-order valence-electron chi connectivity index (χ3n) is 2.77. The van der Waals surface area contributed by atoms with E-state index in [1.807, 2.05) is 32.9 Å². The van der Waals surface area contributed by atoms with Crippen LogP contribution >= 0.6 is 0 Å². The van der Waals surface area contributed by atoms with E-state index >= 15 is 0 Å². The second-order valence-electron chi connectivity index (χ2n) is 4.57. The minimum atomic E-state index is -0.105. The first-order valence-electron chi connectivity index (χ1n) is 6.76. The Morgan fingerprint density at radius 1 is 1.50 bits per heavy atom. The molecule has 0 aliphatic carbocycles. The van der Waals surface area contributed by atoms with Gasteiger partial charge in [0.25, 0.3) is 5.91 Å². The quantitative estimate of drug-likeness (QED) is 0.799. The van der Waals surface area contributed by atoms with E-state index in [4.69, 9.17) is 10.5 Å². The summed E-state index contributed by atoms with van der Waals surface area (Å²) in [5, 5.41) is 2.92. The molecule has 0 radical (unpaired) electrons. The largest absolute Gasteiger partial charge is 0.380 e. The number of carbonyl (C=O) groups is 1. The molecule has 0 fully saturated rings. The summed E-state index contributed by atoms with van der Waals surface area (Å²) < 4.78 is 5.29. The van der Waals surface area contributed by atoms with E-state index in [2.05, 4.69) is 17.2 Å². The van der Waals surface area contributed by atoms with Gasteiger partial charge in [-0.3, -0.25) is 4.79 Å². The lowest BCUT2D eigenvalue weighted by Gasteiger charge is -2.14. The molecule has 1 rings (SSSR count). The number of hydrogen-bond acceptors (Lipinski definition) is 3. The van der Waals surface area contributed by atoms with Crippen molar-refractivity contribution in [3.8, 4) is 11.8 Å². The number of aryl methyl sites for hydroxylation is 1. The first-order chi connectivity index (χ1) is 9.58. The Morgan fingerprint density at radius 2 is 2.25 bits per heavy atom. The average molecular weight is 274 g/mol. The third kappa shape index (κ3) is 5.04. The lowest BCUT2D eigenvalue weighted by Crippen LogP contribution is -2.36. The van der Waals surface area contributed by atoms with Gasteiger partial charge in [-0.25, -0.2) is 0 Å². The maximum absolute atomic E-state index is 12.2. The van der Waals surface area contributed by atoms with E-state index in [0.717, 1.165) is 11.1 Å². The summed E-state index contributed by atoms with van der Waals surface area (Å²) >= 11 is 0. The Hall–Kier alpha value is -1.83. The number of carbonyl (C=O) groups excluding carboxylic acids is 1. The van der Waals surface area contributed by atoms with E-state index in [0.29, 0.717) is 25.3 Å². The molecular formula is C16H22N2O2. The molecule has 0 aliphatic rings. The molecule has 0 saturated carbocycles. The van der Waals surface area contributed by atoms with Crippen LogP contribution in [0.25, 0.3) is 0 Å². The highest BCUT2D eigenvalue weighted by molar-refractivity contribution is 5.96. The third-order valence-corrected chi connectivity index (χ3v) is 2.77. The van der Waals surface area contributed by atoms with Crippen molar-refractivity contribution >= 4 is 5.91 Å². The second-order valence-corrected chi connectivity index (χ2v) is 4.57. The van der Waals surface area contributed by atoms with Gasteiger partial charge in [-0.2, -0.15) is 0 Å². The lowest BCUT2D eigenvalue weighted by atomic mass is 10.0. The summed E-state index contributed by atoms with van der Waals surface area (Å²) in [5.41, 5.74) is 7.70. The van der Waals surface area contributed by atoms with Crippen LogP contribution in [-0.2, 0) is 4.74 Å². The van der Waals surface area contributed by atoms with Gasteiger partial charge in [-0.15, -0.1) is 0 Å². The molecule has 0 aliphatic heterocycles. The van der Waals surface area contributed by atoms with Gasteiger partial charge in [0.1, 0.15) is 0 Å². The van der Waals surface area contributed by atoms with Crippen molar-refractivity contribution in [2.45, 2.75) is 26.8 Å². The van der Waals surface area contributed by atoms with Crippen LogP contribution in [0.15, 0.2) is 18.2 Å². The fourth-order valence-corrected chi connectivity index (χ4v) is 1.74. The molecule has 0 heterocycles. The van der Waals surface area contributed by atoms with Gasteiger partial charge in [-0.1, -0.05) is 17.9 Å². The van der Waals surface area contributed by atoms with Crippen molar-refractivity contribution in [1.29, 1.82) is 0 Å². The van der Waals surface area contributed by atoms with E-state index in [1.165, 1.54) is 0 Å². The van der Waals surface area contributed by atoms with Crippen LogP contribution < -0.4 is 11.1 Å². The van der Waals surface area contributed by atoms with E-state index in [-0.39, 0.29) is 11.9 Å². The van der Waals surface area contributed by atoms with Crippen LogP contribution in [0.2, 0.25) is 0 Å². The maximum atomic E-state index is 12.2. The molecule has 4 heteroatoms. The van der Waals surface area contributed by atoms with Crippen LogP contribution in [0.1, 0.15) is 35.3 Å². The number of hydrogen-bond donors (Lipinski definition) is 2. The van der Waals surface area contributed by atoms with Crippen LogP contribution in [0, 0.1) is 18.8 Å². The van der Waals surface area contributed by atoms with Crippen LogP contribution in [-0.4, -0.2) is 31.7 Å². The molecule has 1 amide bonds. The van der Waals surface area contributed by atoms with Crippen molar-refractivity contribution in [2.75, 3.05) is 19.8 Å². The molecule has 1 aromatic carbocycles. The zero-order valence-corrected chi connectivity index (χ0v) is 12.3. The Morgan fingerprint density at radius 3 is 2.90 bits per heavy atom. The molecule has 1 unspecified atom stereocenters. The molecule has 1 atom stereocenters. The number of ether oxygens (including phenoxy) is 1. The summed E-state index contributed by atoms with van der Waals surface area (Å²) in [6, 6.07) is 5.54. The zero-order valence-electron chi connectivity index (χ0n) is 12.3. The van der Waals surface area contributed by atoms with Crippen molar-refractivity contribution < 1.29 is 9.53 Å². The van der Waals surface area contributed by atoms with Gasteiger partial charge in [0.05, 0.1) is 13.2 Å². The van der Waals surface area contributed by atoms with Gasteiger partial charge in [0.2, 0.25) is 0 Å². The molecule has 20 heavy (non-hydrogen) atoms. The van der Waals surface area contributed by atoms with Crippen LogP contribution in [0.5, 0.6) is 0 Å². The monoisotopic (exact) mass is 274 g/mol. The highest BCUT2D eigenvalue weighted by atomic mass is 16.5. The summed E-state index contributed by atoms with van der Waals surface area (Å²) in [7, 11) is 0. The first-order valence-corrected chi connectivity index (χ1v) is 6.76. The SMILES string of the molecule is CCOCC(C)NC(=O)c1cc(C#CCN)ccc1C. The second kappa shape index (κ2) is 8.36. The number of benzene rings is 1. The van der Waals surface area contributed by atoms with Gasteiger partial charge in [0, 0.05) is 23.8 Å². The summed E-state index contributed by atoms with van der Waals surface area (Å²) in [4.78, 5) is 12.2. The van der Waals surface area contributed by atoms with Gasteiger partial charge < -0.3 is 15.8 Å². The van der Waals surface area contributed by atoms with E-state index in [1.54, 1.807) is 6.07 Å². The highest BCUT2D eigenvalue weighted by Crippen LogP contribution is 2.11. The maximum Gasteiger partial charge on any atom is 0.251 e. The fraction of sp³-hybridized carbons (Fsp3) is 0.438. The van der Waals surface area contributed by atoms with Crippen molar-refractivity contribution in [1.82, 2.24) is 5.32 Å². The molecule has 0 bridgehead atoms. The topological polar surface area (TPSA) is 64.3 Å². The van der Waals surface area contributed by atoms with Gasteiger partial charge in [0.15, 0.2) is 0 Å². The first kappa shape index (κ1) is 16.2.